The van der Waals surface area contributed by atoms with E-state index in [4.69, 9.17) is 11.1 Å². The molecule has 0 radical (unpaired) electrons. The molecule has 1 aliphatic rings. The first-order valence-corrected chi connectivity index (χ1v) is 10.9. The van der Waals surface area contributed by atoms with E-state index >= 15 is 0 Å². The summed E-state index contributed by atoms with van der Waals surface area (Å²) >= 11 is 5.33. The van der Waals surface area contributed by atoms with Gasteiger partial charge < -0.3 is 16.5 Å². The van der Waals surface area contributed by atoms with E-state index in [0.29, 0.717) is 17.2 Å². The van der Waals surface area contributed by atoms with Crippen molar-refractivity contribution in [1.82, 2.24) is 14.9 Å². The van der Waals surface area contributed by atoms with E-state index < -0.39 is 0 Å². The molecule has 1 aromatic carbocycles. The number of anilines is 3. The van der Waals surface area contributed by atoms with Gasteiger partial charge in [0, 0.05) is 46.4 Å². The fourth-order valence-electron chi connectivity index (χ4n) is 3.70. The maximum atomic E-state index is 7.55. The third kappa shape index (κ3) is 3.64. The summed E-state index contributed by atoms with van der Waals surface area (Å²) in [4.78, 5) is 14.0. The fraction of sp³-hybridized carbons (Fsp3) is 0.350. The molecular formula is C20H23BrN6S. The van der Waals surface area contributed by atoms with Crippen LogP contribution in [0, 0.1) is 11.3 Å². The molecule has 0 atom stereocenters. The van der Waals surface area contributed by atoms with E-state index in [1.807, 2.05) is 12.1 Å². The largest absolute Gasteiger partial charge is 0.398 e. The second kappa shape index (κ2) is 7.77. The second-order valence-corrected chi connectivity index (χ2v) is 9.45. The Morgan fingerprint density at radius 1 is 1.39 bits per heavy atom. The van der Waals surface area contributed by atoms with E-state index in [-0.39, 0.29) is 0 Å². The summed E-state index contributed by atoms with van der Waals surface area (Å²) in [6.45, 7) is 7.70. The zero-order valence-corrected chi connectivity index (χ0v) is 18.3. The van der Waals surface area contributed by atoms with Gasteiger partial charge in [-0.05, 0) is 46.0 Å². The van der Waals surface area contributed by atoms with Crippen LogP contribution < -0.4 is 11.1 Å². The highest BCUT2D eigenvalue weighted by molar-refractivity contribution is 9.10. The molecule has 146 valence electrons. The van der Waals surface area contributed by atoms with E-state index in [1.165, 1.54) is 16.7 Å². The monoisotopic (exact) mass is 458 g/mol. The van der Waals surface area contributed by atoms with Gasteiger partial charge in [-0.2, -0.15) is 0 Å². The molecule has 3 heterocycles. The Balaban J connectivity index is 1.72. The van der Waals surface area contributed by atoms with Crippen LogP contribution in [0.25, 0.3) is 10.2 Å². The summed E-state index contributed by atoms with van der Waals surface area (Å²) in [6, 6.07) is 3.68. The number of hydrogen-bond donors (Lipinski definition) is 3. The fourth-order valence-corrected chi connectivity index (χ4v) is 5.39. The van der Waals surface area contributed by atoms with Gasteiger partial charge in [-0.15, -0.1) is 11.3 Å². The Bertz CT molecular complexity index is 1040. The molecule has 4 rings (SSSR count). The number of nitrogens with one attached hydrogen (secondary N) is 2. The summed E-state index contributed by atoms with van der Waals surface area (Å²) in [5.74, 6) is 1.47. The predicted molar refractivity (Wildman–Crippen MR) is 121 cm³/mol. The Morgan fingerprint density at radius 2 is 2.21 bits per heavy atom. The lowest BCUT2D eigenvalue weighted by molar-refractivity contribution is 0.230. The average Bonchev–Trinajstić information content (AvgIpc) is 3.02. The van der Waals surface area contributed by atoms with Crippen LogP contribution in [0.3, 0.4) is 0 Å². The van der Waals surface area contributed by atoms with E-state index in [2.05, 4.69) is 50.0 Å². The van der Waals surface area contributed by atoms with Gasteiger partial charge in [0.2, 0.25) is 0 Å². The van der Waals surface area contributed by atoms with E-state index in [1.54, 1.807) is 17.7 Å². The van der Waals surface area contributed by atoms with Gasteiger partial charge in [0.05, 0.1) is 11.1 Å². The molecule has 8 heteroatoms. The SMILES string of the molecule is CC(C)CN1CCc2c(sc3ncnc(Nc4cc(C=N)c(N)cc4Br)c23)C1. The number of nitrogens with zero attached hydrogens (tertiary/aromatic N) is 3. The van der Waals surface area contributed by atoms with Crippen molar-refractivity contribution in [1.29, 1.82) is 5.41 Å². The summed E-state index contributed by atoms with van der Waals surface area (Å²) in [7, 11) is 0. The lowest BCUT2D eigenvalue weighted by Crippen LogP contribution is -2.32. The molecule has 0 saturated carbocycles. The first kappa shape index (κ1) is 19.3. The molecule has 0 amide bonds. The molecule has 0 fully saturated rings. The standard InChI is InChI=1S/C20H23BrN6S/c1-11(2)8-27-4-3-13-17(9-27)28-20-18(13)19(24-10-25-20)26-16-5-12(7-22)15(23)6-14(16)21/h5-7,10-11,22H,3-4,8-9,23H2,1-2H3,(H,24,25,26). The molecule has 2 aromatic heterocycles. The normalized spacial score (nSPS) is 14.4. The average molecular weight is 459 g/mol. The number of rotatable bonds is 5. The third-order valence-corrected chi connectivity index (χ3v) is 6.70. The van der Waals surface area contributed by atoms with Crippen LogP contribution in [0.1, 0.15) is 29.9 Å². The quantitative estimate of drug-likeness (QED) is 0.377. The highest BCUT2D eigenvalue weighted by atomic mass is 79.9. The van der Waals surface area contributed by atoms with Crippen LogP contribution in [-0.2, 0) is 13.0 Å². The minimum absolute atomic E-state index is 0.568. The summed E-state index contributed by atoms with van der Waals surface area (Å²) in [5.41, 5.74) is 9.41. The van der Waals surface area contributed by atoms with Crippen LogP contribution in [0.4, 0.5) is 17.2 Å². The van der Waals surface area contributed by atoms with Crippen molar-refractivity contribution in [2.24, 2.45) is 5.92 Å². The molecule has 0 unspecified atom stereocenters. The van der Waals surface area contributed by atoms with Crippen LogP contribution in [0.2, 0.25) is 0 Å². The number of nitrogens with two attached hydrogens (primary N) is 1. The maximum absolute atomic E-state index is 7.55. The minimum atomic E-state index is 0.568. The topological polar surface area (TPSA) is 90.9 Å². The van der Waals surface area contributed by atoms with Crippen LogP contribution in [0.5, 0.6) is 0 Å². The molecule has 4 N–H and O–H groups in total. The number of thiophene rings is 1. The number of halogens is 1. The summed E-state index contributed by atoms with van der Waals surface area (Å²) < 4.78 is 0.842. The van der Waals surface area contributed by atoms with Gasteiger partial charge in [0.1, 0.15) is 17.0 Å². The van der Waals surface area contributed by atoms with Crippen molar-refractivity contribution in [2.45, 2.75) is 26.8 Å². The van der Waals surface area contributed by atoms with Gasteiger partial charge in [0.15, 0.2) is 0 Å². The van der Waals surface area contributed by atoms with Crippen LogP contribution >= 0.6 is 27.3 Å². The van der Waals surface area contributed by atoms with Gasteiger partial charge in [0.25, 0.3) is 0 Å². The lowest BCUT2D eigenvalue weighted by atomic mass is 10.0. The third-order valence-electron chi connectivity index (χ3n) is 4.92. The molecule has 3 aromatic rings. The smallest absolute Gasteiger partial charge is 0.142 e. The molecule has 6 nitrogen and oxygen atoms in total. The number of fused-ring (bicyclic) bond motifs is 3. The molecular weight excluding hydrogens is 436 g/mol. The van der Waals surface area contributed by atoms with Gasteiger partial charge in [-0.1, -0.05) is 13.8 Å². The lowest BCUT2D eigenvalue weighted by Gasteiger charge is -2.28. The van der Waals surface area contributed by atoms with Gasteiger partial charge in [-0.3, -0.25) is 4.90 Å². The summed E-state index contributed by atoms with van der Waals surface area (Å²) in [6.07, 6.45) is 3.89. The first-order chi connectivity index (χ1) is 13.5. The number of hydrogen-bond acceptors (Lipinski definition) is 7. The van der Waals surface area contributed by atoms with Crippen molar-refractivity contribution in [2.75, 3.05) is 24.1 Å². The van der Waals surface area contributed by atoms with Crippen LogP contribution in [-0.4, -0.2) is 34.2 Å². The first-order valence-electron chi connectivity index (χ1n) is 9.30. The highest BCUT2D eigenvalue weighted by Gasteiger charge is 2.24. The van der Waals surface area contributed by atoms with Crippen molar-refractivity contribution in [3.63, 3.8) is 0 Å². The Morgan fingerprint density at radius 3 is 2.96 bits per heavy atom. The minimum Gasteiger partial charge on any atom is -0.398 e. The van der Waals surface area contributed by atoms with Gasteiger partial charge >= 0.3 is 0 Å². The predicted octanol–water partition coefficient (Wildman–Crippen LogP) is 4.79. The zero-order chi connectivity index (χ0) is 19.8. The van der Waals surface area contributed by atoms with Crippen molar-refractivity contribution < 1.29 is 0 Å². The molecule has 0 saturated heterocycles. The molecule has 0 spiro atoms. The Hall–Kier alpha value is -2.03. The number of benzene rings is 1. The maximum Gasteiger partial charge on any atom is 0.142 e. The molecule has 1 aliphatic heterocycles. The van der Waals surface area contributed by atoms with Crippen molar-refractivity contribution >= 4 is 60.9 Å². The number of aromatic nitrogens is 2. The van der Waals surface area contributed by atoms with E-state index in [9.17, 15) is 0 Å². The van der Waals surface area contributed by atoms with Crippen molar-refractivity contribution in [3.05, 3.63) is 38.9 Å². The Kier molecular flexibility index (Phi) is 5.35. The summed E-state index contributed by atoms with van der Waals surface area (Å²) in [5, 5.41) is 12.1. The van der Waals surface area contributed by atoms with E-state index in [0.717, 1.165) is 52.2 Å². The molecule has 0 aliphatic carbocycles. The van der Waals surface area contributed by atoms with Gasteiger partial charge in [-0.25, -0.2) is 9.97 Å². The number of nitrogen functional groups attached to an aromatic ring is 1. The van der Waals surface area contributed by atoms with Crippen molar-refractivity contribution in [3.8, 4) is 0 Å². The highest BCUT2D eigenvalue weighted by Crippen LogP contribution is 2.39. The second-order valence-electron chi connectivity index (χ2n) is 7.52. The zero-order valence-electron chi connectivity index (χ0n) is 15.9. The Labute approximate surface area is 176 Å². The molecule has 28 heavy (non-hydrogen) atoms. The van der Waals surface area contributed by atoms with Crippen LogP contribution in [0.15, 0.2) is 22.9 Å². The molecule has 0 bridgehead atoms.